The lowest BCUT2D eigenvalue weighted by Crippen LogP contribution is -2.06. The SMILES string of the molecule is CS(=O)(=O)c1ccc(-c2cc(-c3ccccn3)nn2Cc2ccccc2F)nc1. The third-order valence-electron chi connectivity index (χ3n) is 4.41. The van der Waals surface area contributed by atoms with Gasteiger partial charge in [0.1, 0.15) is 11.5 Å². The third-order valence-corrected chi connectivity index (χ3v) is 5.51. The van der Waals surface area contributed by atoms with Gasteiger partial charge in [0.05, 0.1) is 28.5 Å². The molecule has 29 heavy (non-hydrogen) atoms. The quantitative estimate of drug-likeness (QED) is 0.504. The highest BCUT2D eigenvalue weighted by Crippen LogP contribution is 2.26. The van der Waals surface area contributed by atoms with Gasteiger partial charge in [-0.3, -0.25) is 14.6 Å². The van der Waals surface area contributed by atoms with E-state index in [1.165, 1.54) is 18.3 Å². The van der Waals surface area contributed by atoms with Crippen LogP contribution in [-0.2, 0) is 16.4 Å². The van der Waals surface area contributed by atoms with Crippen molar-refractivity contribution in [2.24, 2.45) is 0 Å². The lowest BCUT2D eigenvalue weighted by Gasteiger charge is -2.08. The molecule has 3 aromatic heterocycles. The van der Waals surface area contributed by atoms with Crippen molar-refractivity contribution in [2.45, 2.75) is 11.4 Å². The van der Waals surface area contributed by atoms with Gasteiger partial charge in [0, 0.05) is 24.2 Å². The van der Waals surface area contributed by atoms with E-state index in [1.807, 2.05) is 24.3 Å². The van der Waals surface area contributed by atoms with Gasteiger partial charge in [-0.05, 0) is 36.4 Å². The maximum Gasteiger partial charge on any atom is 0.177 e. The number of hydrogen-bond donors (Lipinski definition) is 0. The van der Waals surface area contributed by atoms with E-state index in [9.17, 15) is 12.8 Å². The molecule has 1 aromatic carbocycles. The van der Waals surface area contributed by atoms with Crippen molar-refractivity contribution >= 4 is 9.84 Å². The van der Waals surface area contributed by atoms with Gasteiger partial charge in [-0.15, -0.1) is 0 Å². The topological polar surface area (TPSA) is 77.7 Å². The van der Waals surface area contributed by atoms with Crippen molar-refractivity contribution in [3.8, 4) is 22.8 Å². The predicted molar refractivity (Wildman–Crippen MR) is 107 cm³/mol. The fourth-order valence-electron chi connectivity index (χ4n) is 2.92. The summed E-state index contributed by atoms with van der Waals surface area (Å²) in [5.74, 6) is -0.325. The zero-order valence-electron chi connectivity index (χ0n) is 15.5. The summed E-state index contributed by atoms with van der Waals surface area (Å²) in [6, 6.07) is 16.9. The molecule has 3 heterocycles. The first kappa shape index (κ1) is 18.9. The highest BCUT2D eigenvalue weighted by Gasteiger charge is 2.16. The molecule has 0 spiro atoms. The lowest BCUT2D eigenvalue weighted by atomic mass is 10.2. The van der Waals surface area contributed by atoms with Gasteiger partial charge in [0.25, 0.3) is 0 Å². The van der Waals surface area contributed by atoms with Crippen molar-refractivity contribution < 1.29 is 12.8 Å². The summed E-state index contributed by atoms with van der Waals surface area (Å²) in [4.78, 5) is 8.74. The second kappa shape index (κ2) is 7.56. The molecule has 4 aromatic rings. The first-order chi connectivity index (χ1) is 13.9. The molecule has 0 saturated heterocycles. The molecule has 0 atom stereocenters. The van der Waals surface area contributed by atoms with Crippen LogP contribution >= 0.6 is 0 Å². The van der Waals surface area contributed by atoms with Crippen LogP contribution in [0.15, 0.2) is 78.0 Å². The van der Waals surface area contributed by atoms with E-state index in [0.29, 0.717) is 28.3 Å². The molecule has 0 radical (unpaired) electrons. The van der Waals surface area contributed by atoms with Crippen LogP contribution in [0.1, 0.15) is 5.56 Å². The maximum atomic E-state index is 14.2. The summed E-state index contributed by atoms with van der Waals surface area (Å²) in [6.45, 7) is 0.199. The number of aromatic nitrogens is 4. The smallest absolute Gasteiger partial charge is 0.177 e. The normalized spacial score (nSPS) is 11.5. The zero-order valence-corrected chi connectivity index (χ0v) is 16.3. The maximum absolute atomic E-state index is 14.2. The van der Waals surface area contributed by atoms with E-state index in [4.69, 9.17) is 0 Å². The number of hydrogen-bond acceptors (Lipinski definition) is 5. The van der Waals surface area contributed by atoms with Gasteiger partial charge >= 0.3 is 0 Å². The molecule has 0 N–H and O–H groups in total. The number of benzene rings is 1. The van der Waals surface area contributed by atoms with Gasteiger partial charge < -0.3 is 0 Å². The van der Waals surface area contributed by atoms with Gasteiger partial charge in [-0.2, -0.15) is 5.10 Å². The molecular formula is C21H17FN4O2S. The van der Waals surface area contributed by atoms with Crippen LogP contribution in [0.3, 0.4) is 0 Å². The van der Waals surface area contributed by atoms with Crippen molar-refractivity contribution in [3.63, 3.8) is 0 Å². The lowest BCUT2D eigenvalue weighted by molar-refractivity contribution is 0.587. The molecule has 0 unspecified atom stereocenters. The second-order valence-corrected chi connectivity index (χ2v) is 8.55. The molecule has 8 heteroatoms. The minimum atomic E-state index is -3.35. The average molecular weight is 408 g/mol. The van der Waals surface area contributed by atoms with Crippen LogP contribution in [0.2, 0.25) is 0 Å². The van der Waals surface area contributed by atoms with Crippen LogP contribution in [0.5, 0.6) is 0 Å². The monoisotopic (exact) mass is 408 g/mol. The van der Waals surface area contributed by atoms with E-state index >= 15 is 0 Å². The Hall–Kier alpha value is -3.39. The molecule has 0 amide bonds. The summed E-state index contributed by atoms with van der Waals surface area (Å²) < 4.78 is 39.2. The Bertz CT molecular complexity index is 1250. The molecule has 0 aliphatic rings. The van der Waals surface area contributed by atoms with Crippen LogP contribution in [0.4, 0.5) is 4.39 Å². The van der Waals surface area contributed by atoms with Crippen molar-refractivity contribution in [3.05, 3.63) is 84.4 Å². The van der Waals surface area contributed by atoms with E-state index in [0.717, 1.165) is 6.26 Å². The highest BCUT2D eigenvalue weighted by atomic mass is 32.2. The third kappa shape index (κ3) is 4.07. The molecule has 146 valence electrons. The largest absolute Gasteiger partial charge is 0.258 e. The van der Waals surface area contributed by atoms with Crippen LogP contribution in [0.25, 0.3) is 22.8 Å². The number of pyridine rings is 2. The summed E-state index contributed by atoms with van der Waals surface area (Å²) in [7, 11) is -3.35. The van der Waals surface area contributed by atoms with Crippen LogP contribution < -0.4 is 0 Å². The van der Waals surface area contributed by atoms with Gasteiger partial charge in [-0.1, -0.05) is 24.3 Å². The molecule has 0 aliphatic heterocycles. The molecule has 4 rings (SSSR count). The molecule has 6 nitrogen and oxygen atoms in total. The minimum absolute atomic E-state index is 0.131. The Kier molecular flexibility index (Phi) is 4.94. The van der Waals surface area contributed by atoms with Crippen LogP contribution in [0, 0.1) is 5.82 Å². The Balaban J connectivity index is 1.81. The summed E-state index contributed by atoms with van der Waals surface area (Å²) >= 11 is 0. The average Bonchev–Trinajstić information content (AvgIpc) is 3.14. The van der Waals surface area contributed by atoms with Crippen molar-refractivity contribution in [2.75, 3.05) is 6.26 Å². The molecule has 0 bridgehead atoms. The molecular weight excluding hydrogens is 391 g/mol. The van der Waals surface area contributed by atoms with Crippen molar-refractivity contribution in [1.82, 2.24) is 19.7 Å². The standard InChI is InChI=1S/C21H17FN4O2S/c1-29(27,28)16-9-10-19(24-13-16)21-12-20(18-8-4-5-11-23-18)25-26(21)14-15-6-2-3-7-17(15)22/h2-13H,14H2,1H3. The summed E-state index contributed by atoms with van der Waals surface area (Å²) in [5, 5.41) is 4.59. The highest BCUT2D eigenvalue weighted by molar-refractivity contribution is 7.90. The second-order valence-electron chi connectivity index (χ2n) is 6.53. The van der Waals surface area contributed by atoms with Gasteiger partial charge in [0.2, 0.25) is 0 Å². The number of sulfone groups is 1. The Morgan fingerprint density at radius 1 is 0.931 bits per heavy atom. The van der Waals surface area contributed by atoms with Crippen molar-refractivity contribution in [1.29, 1.82) is 0 Å². The first-order valence-corrected chi connectivity index (χ1v) is 10.7. The summed E-state index contributed by atoms with van der Waals surface area (Å²) in [5.41, 5.74) is 2.94. The van der Waals surface area contributed by atoms with Gasteiger partial charge in [-0.25, -0.2) is 12.8 Å². The Morgan fingerprint density at radius 3 is 2.38 bits per heavy atom. The Labute approximate surface area is 167 Å². The summed E-state index contributed by atoms with van der Waals surface area (Å²) in [6.07, 6.45) is 4.11. The fourth-order valence-corrected chi connectivity index (χ4v) is 3.48. The zero-order chi connectivity index (χ0) is 20.4. The van der Waals surface area contributed by atoms with E-state index < -0.39 is 9.84 Å². The number of rotatable bonds is 5. The molecule has 0 aliphatic carbocycles. The van der Waals surface area contributed by atoms with E-state index in [1.54, 1.807) is 35.1 Å². The van der Waals surface area contributed by atoms with E-state index in [2.05, 4.69) is 15.1 Å². The fraction of sp³-hybridized carbons (Fsp3) is 0.0952. The van der Waals surface area contributed by atoms with E-state index in [-0.39, 0.29) is 17.3 Å². The first-order valence-electron chi connectivity index (χ1n) is 8.81. The molecule has 0 saturated carbocycles. The predicted octanol–water partition coefficient (Wildman–Crippen LogP) is 3.60. The Morgan fingerprint density at radius 2 is 1.72 bits per heavy atom. The minimum Gasteiger partial charge on any atom is -0.258 e. The molecule has 0 fully saturated rings. The van der Waals surface area contributed by atoms with Crippen LogP contribution in [-0.4, -0.2) is 34.4 Å². The number of nitrogens with zero attached hydrogens (tertiary/aromatic N) is 4. The van der Waals surface area contributed by atoms with Gasteiger partial charge in [0.15, 0.2) is 9.84 Å². The number of halogens is 1.